The van der Waals surface area contributed by atoms with Gasteiger partial charge in [-0.3, -0.25) is 0 Å². The molecule has 2 aliphatic heterocycles. The van der Waals surface area contributed by atoms with E-state index in [0.29, 0.717) is 31.4 Å². The summed E-state index contributed by atoms with van der Waals surface area (Å²) in [4.78, 5) is 57.8. The van der Waals surface area contributed by atoms with Gasteiger partial charge < -0.3 is 0 Å². The van der Waals surface area contributed by atoms with Gasteiger partial charge in [0.1, 0.15) is 0 Å². The first kappa shape index (κ1) is 43.9. The number of nitrogens with zero attached hydrogens (tertiary/aromatic N) is 1. The third-order valence-corrected chi connectivity index (χ3v) is 11.0. The van der Waals surface area contributed by atoms with E-state index in [-0.39, 0.29) is 55.7 Å². The van der Waals surface area contributed by atoms with Crippen molar-refractivity contribution in [3.63, 3.8) is 0 Å². The van der Waals surface area contributed by atoms with Crippen molar-refractivity contribution in [2.75, 3.05) is 39.9 Å². The van der Waals surface area contributed by atoms with Crippen LogP contribution >= 0.6 is 0 Å². The predicted octanol–water partition coefficient (Wildman–Crippen LogP) is 1.66. The van der Waals surface area contributed by atoms with Gasteiger partial charge in [0, 0.05) is 0 Å². The van der Waals surface area contributed by atoms with Crippen LogP contribution in [0.2, 0.25) is 0 Å². The molecule has 0 spiro atoms. The molecule has 3 fully saturated rings. The fourth-order valence-corrected chi connectivity index (χ4v) is 7.62. The van der Waals surface area contributed by atoms with Crippen molar-refractivity contribution in [3.05, 3.63) is 0 Å². The summed E-state index contributed by atoms with van der Waals surface area (Å²) in [5, 5.41) is 15.5. The minimum atomic E-state index is -1.08. The first-order valence-corrected chi connectivity index (χ1v) is 20.2. The summed E-state index contributed by atoms with van der Waals surface area (Å²) in [6.07, 6.45) is 11.9. The molecule has 6 unspecified atom stereocenters. The zero-order valence-corrected chi connectivity index (χ0v) is 32.7. The number of carbonyl (C=O) groups is 4. The Morgan fingerprint density at radius 1 is 0.846 bits per heavy atom. The summed E-state index contributed by atoms with van der Waals surface area (Å²) in [5.74, 6) is -2.15. The van der Waals surface area contributed by atoms with Crippen molar-refractivity contribution in [1.82, 2.24) is 31.5 Å². The quantitative estimate of drug-likeness (QED) is 0.0992. The van der Waals surface area contributed by atoms with E-state index in [0.717, 1.165) is 77.2 Å². The van der Waals surface area contributed by atoms with Gasteiger partial charge >= 0.3 is 307 Å². The number of hydrogen-bond acceptors (Lipinski definition) is 9. The Kier molecular flexibility index (Phi) is 19.6. The topological polar surface area (TPSA) is 176 Å². The van der Waals surface area contributed by atoms with E-state index in [1.165, 1.54) is 4.90 Å². The predicted molar refractivity (Wildman–Crippen MR) is 206 cm³/mol. The fraction of sp³-hybridized carbons (Fsp3) is 0.868. The SMILES string of the molecule is [B]=C1N[C@H](C)CO[C@H](CCCCCC)C(C)C(=O)N(C)C(CCC)C(=O)NC(C2CCCCCC2)C(=O)NC(CN)C(=O)NC1COC1CCNC1. The van der Waals surface area contributed by atoms with Crippen molar-refractivity contribution in [2.24, 2.45) is 17.6 Å². The Morgan fingerprint density at radius 2 is 1.56 bits per heavy atom. The summed E-state index contributed by atoms with van der Waals surface area (Å²) in [5.41, 5.74) is 6.40. The summed E-state index contributed by atoms with van der Waals surface area (Å²) >= 11 is 0. The molecule has 2 heterocycles. The van der Waals surface area contributed by atoms with Crippen molar-refractivity contribution in [2.45, 2.75) is 160 Å². The summed E-state index contributed by atoms with van der Waals surface area (Å²) in [6.45, 7) is 9.72. The Hall–Kier alpha value is -2.55. The van der Waals surface area contributed by atoms with Crippen LogP contribution in [0.3, 0.4) is 0 Å². The zero-order chi connectivity index (χ0) is 38.0. The normalized spacial score (nSPS) is 31.4. The molecule has 0 aromatic heterocycles. The van der Waals surface area contributed by atoms with Gasteiger partial charge in [0.2, 0.25) is 0 Å². The molecule has 2 saturated heterocycles. The van der Waals surface area contributed by atoms with Crippen LogP contribution in [0.25, 0.3) is 0 Å². The van der Waals surface area contributed by atoms with E-state index in [2.05, 4.69) is 33.5 Å². The van der Waals surface area contributed by atoms with Gasteiger partial charge in [0.25, 0.3) is 0 Å². The van der Waals surface area contributed by atoms with E-state index >= 15 is 0 Å². The maximum atomic E-state index is 14.2. The number of ether oxygens (including phenoxy) is 2. The van der Waals surface area contributed by atoms with Gasteiger partial charge in [-0.25, -0.2) is 0 Å². The molecule has 3 rings (SSSR count). The van der Waals surface area contributed by atoms with Gasteiger partial charge in [-0.1, -0.05) is 6.92 Å². The number of likely N-dealkylation sites (N-methyl/N-ethyl adjacent to an activating group) is 1. The van der Waals surface area contributed by atoms with Crippen molar-refractivity contribution in [1.29, 1.82) is 0 Å². The van der Waals surface area contributed by atoms with Crippen molar-refractivity contribution < 1.29 is 28.7 Å². The molecule has 3 aliphatic rings. The maximum absolute atomic E-state index is 14.2. The molecule has 14 heteroatoms. The molecule has 295 valence electrons. The molecule has 13 nitrogen and oxygen atoms in total. The van der Waals surface area contributed by atoms with Crippen LogP contribution in [0.4, 0.5) is 0 Å². The average Bonchev–Trinajstić information content (AvgIpc) is 3.51. The van der Waals surface area contributed by atoms with E-state index in [9.17, 15) is 19.2 Å². The molecule has 8 atom stereocenters. The number of unbranched alkanes of at least 4 members (excludes halogenated alkanes) is 3. The monoisotopic (exact) mass is 731 g/mol. The number of rotatable bonds is 12. The number of amides is 4. The van der Waals surface area contributed by atoms with Crippen LogP contribution in [0, 0.1) is 11.8 Å². The van der Waals surface area contributed by atoms with Gasteiger partial charge in [-0.15, -0.1) is 0 Å². The number of carbonyl (C=O) groups excluding carboxylic acids is 4. The van der Waals surface area contributed by atoms with E-state index < -0.39 is 41.9 Å². The molecular formula is C38H69BN7O6. The summed E-state index contributed by atoms with van der Waals surface area (Å²) in [6, 6.07) is -3.73. The van der Waals surface area contributed by atoms with Gasteiger partial charge in [0.15, 0.2) is 0 Å². The van der Waals surface area contributed by atoms with Crippen LogP contribution in [-0.4, -0.2) is 124 Å². The number of hydrogen-bond donors (Lipinski definition) is 6. The number of nitrogens with two attached hydrogens (primary N) is 1. The molecule has 1 radical (unpaired) electrons. The fourth-order valence-electron chi connectivity index (χ4n) is 7.62. The Labute approximate surface area is 313 Å². The molecule has 7 N–H and O–H groups in total. The summed E-state index contributed by atoms with van der Waals surface area (Å²) in [7, 11) is 8.30. The molecular weight excluding hydrogens is 661 g/mol. The van der Waals surface area contributed by atoms with E-state index in [4.69, 9.17) is 22.7 Å². The molecule has 0 aromatic carbocycles. The number of nitrogens with one attached hydrogen (secondary N) is 5. The molecule has 52 heavy (non-hydrogen) atoms. The second kappa shape index (κ2) is 23.3. The third kappa shape index (κ3) is 13.7. The van der Waals surface area contributed by atoms with Crippen LogP contribution < -0.4 is 32.3 Å². The first-order valence-electron chi connectivity index (χ1n) is 20.2. The van der Waals surface area contributed by atoms with Crippen molar-refractivity contribution >= 4 is 36.7 Å². The Bertz CT molecular complexity index is 1130. The van der Waals surface area contributed by atoms with Crippen molar-refractivity contribution in [3.8, 4) is 0 Å². The standard InChI is InChI=1S/C38H69BN7O6/c1-6-8-9-14-18-32-26(4)38(50)46(5)31(15-7-2)36(48)45-33(27-16-12-10-11-13-17-27)37(49)43-29(21-40)35(47)44-30(24-51-28-19-20-41-22-28)34(39)42-25(3)23-52-32/h25-33,41-42H,6-24,40H2,1-5H3,(H,43,49)(H,44,47)(H,45,48)/t25-,26?,28?,29?,30?,31?,32-,33?/m1/s1. The second-order valence-corrected chi connectivity index (χ2v) is 15.3. The summed E-state index contributed by atoms with van der Waals surface area (Å²) < 4.78 is 12.6. The van der Waals surface area contributed by atoms with Gasteiger partial charge in [0.05, 0.1) is 0 Å². The van der Waals surface area contributed by atoms with Crippen LogP contribution in [0.15, 0.2) is 0 Å². The van der Waals surface area contributed by atoms with Crippen LogP contribution in [-0.2, 0) is 28.7 Å². The average molecular weight is 731 g/mol. The molecule has 0 bridgehead atoms. The van der Waals surface area contributed by atoms with Gasteiger partial charge in [-0.05, 0) is 0 Å². The molecule has 1 aliphatic carbocycles. The van der Waals surface area contributed by atoms with E-state index in [1.54, 1.807) is 7.05 Å². The minimum absolute atomic E-state index is 0.0152. The molecule has 0 aromatic rings. The Morgan fingerprint density at radius 3 is 2.19 bits per heavy atom. The molecule has 4 amide bonds. The zero-order valence-electron chi connectivity index (χ0n) is 32.7. The van der Waals surface area contributed by atoms with E-state index in [1.807, 2.05) is 20.8 Å². The van der Waals surface area contributed by atoms with Crippen LogP contribution in [0.5, 0.6) is 0 Å². The van der Waals surface area contributed by atoms with Gasteiger partial charge in [-0.2, -0.15) is 0 Å². The Balaban J connectivity index is 1.98. The second-order valence-electron chi connectivity index (χ2n) is 15.3. The van der Waals surface area contributed by atoms with Crippen LogP contribution in [0.1, 0.15) is 118 Å². The third-order valence-electron chi connectivity index (χ3n) is 11.0. The first-order chi connectivity index (χ1) is 25.0. The molecule has 1 saturated carbocycles.